The highest BCUT2D eigenvalue weighted by Gasteiger charge is 2.24. The molecular formula is C31H38FN5O3. The number of nitrogens with zero attached hydrogens (tertiary/aromatic N) is 3. The summed E-state index contributed by atoms with van der Waals surface area (Å²) in [5, 5.41) is 13.3. The van der Waals surface area contributed by atoms with Gasteiger partial charge in [0.15, 0.2) is 0 Å². The van der Waals surface area contributed by atoms with E-state index in [1.165, 1.54) is 0 Å². The average Bonchev–Trinajstić information content (AvgIpc) is 3.15. The van der Waals surface area contributed by atoms with Crippen molar-refractivity contribution in [2.24, 2.45) is 5.73 Å². The molecular weight excluding hydrogens is 509 g/mol. The van der Waals surface area contributed by atoms with Crippen molar-refractivity contribution in [3.63, 3.8) is 0 Å². The number of aromatic nitrogens is 1. The molecule has 1 aliphatic carbocycles. The minimum absolute atomic E-state index is 0.00994. The lowest BCUT2D eigenvalue weighted by Crippen LogP contribution is -2.40. The van der Waals surface area contributed by atoms with E-state index in [0.29, 0.717) is 5.75 Å². The summed E-state index contributed by atoms with van der Waals surface area (Å²) in [4.78, 5) is 22.0. The van der Waals surface area contributed by atoms with Gasteiger partial charge < -0.3 is 25.8 Å². The molecule has 40 heavy (non-hydrogen) atoms. The number of rotatable bonds is 7. The molecule has 1 aliphatic heterocycles. The van der Waals surface area contributed by atoms with Gasteiger partial charge in [-0.15, -0.1) is 0 Å². The molecule has 0 bridgehead atoms. The van der Waals surface area contributed by atoms with Crippen LogP contribution in [0.2, 0.25) is 0 Å². The van der Waals surface area contributed by atoms with E-state index in [2.05, 4.69) is 27.1 Å². The molecule has 0 atom stereocenters. The summed E-state index contributed by atoms with van der Waals surface area (Å²) in [5.41, 5.74) is 8.96. The van der Waals surface area contributed by atoms with Crippen molar-refractivity contribution in [1.29, 1.82) is 0 Å². The van der Waals surface area contributed by atoms with Crippen LogP contribution in [-0.4, -0.2) is 71.1 Å². The van der Waals surface area contributed by atoms with Crippen molar-refractivity contribution in [3.8, 4) is 28.5 Å². The third-order valence-electron chi connectivity index (χ3n) is 7.82. The molecule has 212 valence electrons. The number of benzene rings is 2. The molecule has 3 aromatic rings. The molecule has 9 heteroatoms. The highest BCUT2D eigenvalue weighted by Crippen LogP contribution is 2.33. The van der Waals surface area contributed by atoms with Crippen molar-refractivity contribution >= 4 is 5.91 Å². The van der Waals surface area contributed by atoms with Crippen LogP contribution in [0.15, 0.2) is 54.7 Å². The molecule has 5 rings (SSSR count). The molecule has 2 aliphatic rings. The molecule has 2 fully saturated rings. The largest absolute Gasteiger partial charge is 0.508 e. The summed E-state index contributed by atoms with van der Waals surface area (Å²) >= 11 is 0. The number of pyridine rings is 1. The first-order chi connectivity index (χ1) is 19.3. The molecule has 1 amide bonds. The fraction of sp³-hybridized carbons (Fsp3) is 0.419. The lowest BCUT2D eigenvalue weighted by atomic mass is 9.91. The minimum Gasteiger partial charge on any atom is -0.508 e. The number of carbonyl (C=O) groups excluding carboxylic acids is 1. The number of halogens is 1. The van der Waals surface area contributed by atoms with E-state index in [1.807, 2.05) is 30.3 Å². The van der Waals surface area contributed by atoms with Crippen LogP contribution in [0.4, 0.5) is 4.39 Å². The minimum atomic E-state index is -0.606. The van der Waals surface area contributed by atoms with Crippen LogP contribution < -0.4 is 15.8 Å². The maximum absolute atomic E-state index is 14.1. The number of hydrogen-bond donors (Lipinski definition) is 3. The first-order valence-electron chi connectivity index (χ1n) is 14.1. The van der Waals surface area contributed by atoms with E-state index in [1.54, 1.807) is 12.1 Å². The number of nitrogens with two attached hydrogens (primary N) is 1. The lowest BCUT2D eigenvalue weighted by molar-refractivity contribution is 0.0922. The monoisotopic (exact) mass is 547 g/mol. The van der Waals surface area contributed by atoms with E-state index in [0.717, 1.165) is 93.8 Å². The number of carbonyl (C=O) groups is 1. The predicted octanol–water partition coefficient (Wildman–Crippen LogP) is 4.52. The first-order valence-corrected chi connectivity index (χ1v) is 14.1. The van der Waals surface area contributed by atoms with Gasteiger partial charge in [0.1, 0.15) is 22.9 Å². The Balaban J connectivity index is 1.36. The summed E-state index contributed by atoms with van der Waals surface area (Å²) in [6.07, 6.45) is 5.41. The Kier molecular flexibility index (Phi) is 8.94. The van der Waals surface area contributed by atoms with Crippen LogP contribution in [-0.2, 0) is 6.54 Å². The van der Waals surface area contributed by atoms with Crippen molar-refractivity contribution in [2.45, 2.75) is 50.7 Å². The second kappa shape index (κ2) is 12.8. The number of likely N-dealkylation sites (N-methyl/N-ethyl adjacent to an activating group) is 1. The summed E-state index contributed by atoms with van der Waals surface area (Å²) in [6, 6.07) is 14.2. The SMILES string of the molecule is CN1CCCN(Cc2cc(O)ccc2-c2cccc(Oc3ncc(F)cc3C(=O)NC3CCC(N)CC3)c2)CC1. The molecule has 4 N–H and O–H groups in total. The molecule has 0 spiro atoms. The van der Waals surface area contributed by atoms with E-state index < -0.39 is 11.7 Å². The van der Waals surface area contributed by atoms with Gasteiger partial charge in [0.05, 0.1) is 6.20 Å². The van der Waals surface area contributed by atoms with Gasteiger partial charge in [-0.3, -0.25) is 9.69 Å². The fourth-order valence-corrected chi connectivity index (χ4v) is 5.53. The Morgan fingerprint density at radius 2 is 1.93 bits per heavy atom. The number of hydrogen-bond acceptors (Lipinski definition) is 7. The molecule has 1 saturated heterocycles. The maximum atomic E-state index is 14.1. The van der Waals surface area contributed by atoms with E-state index in [9.17, 15) is 14.3 Å². The van der Waals surface area contributed by atoms with Gasteiger partial charge >= 0.3 is 0 Å². The Labute approximate surface area is 235 Å². The summed E-state index contributed by atoms with van der Waals surface area (Å²) in [5.74, 6) is -0.273. The van der Waals surface area contributed by atoms with Crippen LogP contribution in [0.1, 0.15) is 48.0 Å². The number of ether oxygens (including phenoxy) is 1. The van der Waals surface area contributed by atoms with Crippen molar-refractivity contribution in [1.82, 2.24) is 20.1 Å². The van der Waals surface area contributed by atoms with E-state index in [4.69, 9.17) is 10.5 Å². The quantitative estimate of drug-likeness (QED) is 0.400. The summed E-state index contributed by atoms with van der Waals surface area (Å²) < 4.78 is 20.2. The van der Waals surface area contributed by atoms with Crippen LogP contribution in [0.3, 0.4) is 0 Å². The zero-order chi connectivity index (χ0) is 28.1. The number of aromatic hydroxyl groups is 1. The zero-order valence-electron chi connectivity index (χ0n) is 23.0. The van der Waals surface area contributed by atoms with Crippen molar-refractivity contribution in [2.75, 3.05) is 33.2 Å². The number of amides is 1. The Morgan fingerprint density at radius 3 is 2.75 bits per heavy atom. The Morgan fingerprint density at radius 1 is 1.10 bits per heavy atom. The third kappa shape index (κ3) is 7.15. The number of phenols is 1. The van der Waals surface area contributed by atoms with Crippen LogP contribution >= 0.6 is 0 Å². The predicted molar refractivity (Wildman–Crippen MR) is 153 cm³/mol. The van der Waals surface area contributed by atoms with Gasteiger partial charge in [-0.25, -0.2) is 9.37 Å². The van der Waals surface area contributed by atoms with Gasteiger partial charge in [-0.1, -0.05) is 18.2 Å². The molecule has 2 aromatic carbocycles. The second-order valence-corrected chi connectivity index (χ2v) is 11.0. The van der Waals surface area contributed by atoms with Crippen LogP contribution in [0, 0.1) is 5.82 Å². The molecule has 2 heterocycles. The Bertz CT molecular complexity index is 1330. The first kappa shape index (κ1) is 28.0. The lowest BCUT2D eigenvalue weighted by Gasteiger charge is -2.27. The van der Waals surface area contributed by atoms with Gasteiger partial charge in [-0.05, 0) is 99.3 Å². The Hall–Kier alpha value is -3.53. The second-order valence-electron chi connectivity index (χ2n) is 11.0. The van der Waals surface area contributed by atoms with Gasteiger partial charge in [-0.2, -0.15) is 0 Å². The smallest absolute Gasteiger partial charge is 0.257 e. The molecule has 0 unspecified atom stereocenters. The van der Waals surface area contributed by atoms with Crippen molar-refractivity contribution < 1.29 is 19.0 Å². The number of nitrogens with one attached hydrogen (secondary N) is 1. The standard InChI is InChI=1S/C31H38FN5O3/c1-36-12-3-13-37(15-14-36)20-22-16-26(38)10-11-28(22)21-4-2-5-27(17-21)40-31-29(18-23(32)19-34-31)30(39)35-25-8-6-24(33)7-9-25/h2,4-5,10-11,16-19,24-25,38H,3,6-9,12-15,20,33H2,1H3,(H,35,39). The summed E-state index contributed by atoms with van der Waals surface area (Å²) in [7, 11) is 2.14. The molecule has 1 aromatic heterocycles. The molecule has 0 radical (unpaired) electrons. The van der Waals surface area contributed by atoms with Crippen LogP contribution in [0.5, 0.6) is 17.4 Å². The topological polar surface area (TPSA) is 104 Å². The normalized spacial score (nSPS) is 20.6. The zero-order valence-corrected chi connectivity index (χ0v) is 23.0. The van der Waals surface area contributed by atoms with E-state index in [-0.39, 0.29) is 29.3 Å². The molecule has 8 nitrogen and oxygen atoms in total. The van der Waals surface area contributed by atoms with E-state index >= 15 is 0 Å². The highest BCUT2D eigenvalue weighted by atomic mass is 19.1. The molecule has 1 saturated carbocycles. The highest BCUT2D eigenvalue weighted by molar-refractivity contribution is 5.96. The van der Waals surface area contributed by atoms with Crippen LogP contribution in [0.25, 0.3) is 11.1 Å². The van der Waals surface area contributed by atoms with Gasteiger partial charge in [0.25, 0.3) is 5.91 Å². The van der Waals surface area contributed by atoms with Gasteiger partial charge in [0, 0.05) is 31.7 Å². The van der Waals surface area contributed by atoms with Gasteiger partial charge in [0.2, 0.25) is 5.88 Å². The average molecular weight is 548 g/mol. The maximum Gasteiger partial charge on any atom is 0.257 e. The summed E-state index contributed by atoms with van der Waals surface area (Å²) in [6.45, 7) is 4.76. The number of phenolic OH excluding ortho intramolecular Hbond substituents is 1. The van der Waals surface area contributed by atoms with Crippen molar-refractivity contribution in [3.05, 3.63) is 71.7 Å². The third-order valence-corrected chi connectivity index (χ3v) is 7.82. The fourth-order valence-electron chi connectivity index (χ4n) is 5.53.